The Kier molecular flexibility index (Phi) is 6.58. The molecule has 4 nitrogen and oxygen atoms in total. The predicted octanol–water partition coefficient (Wildman–Crippen LogP) is 4.52. The van der Waals surface area contributed by atoms with Crippen molar-refractivity contribution in [2.75, 3.05) is 21.3 Å². The van der Waals surface area contributed by atoms with Gasteiger partial charge in [-0.1, -0.05) is 24.8 Å². The van der Waals surface area contributed by atoms with E-state index >= 15 is 0 Å². The van der Waals surface area contributed by atoms with Gasteiger partial charge in [0, 0.05) is 10.8 Å². The minimum atomic E-state index is 0.666. The van der Waals surface area contributed by atoms with Gasteiger partial charge in [-0.3, -0.25) is 0 Å². The molecule has 0 aliphatic heterocycles. The Balaban J connectivity index is 2.31. The number of hydrogen-bond acceptors (Lipinski definition) is 4. The van der Waals surface area contributed by atoms with Gasteiger partial charge < -0.3 is 14.2 Å². The number of aryl methyl sites for hydroxylation is 1. The second kappa shape index (κ2) is 9.31. The van der Waals surface area contributed by atoms with Gasteiger partial charge in [0.05, 0.1) is 32.4 Å². The fraction of sp³-hybridized carbons (Fsp3) is 0.192. The fourth-order valence-electron chi connectivity index (χ4n) is 3.55. The highest BCUT2D eigenvalue weighted by atomic mass is 16.5. The largest absolute Gasteiger partial charge is 0.496 e. The zero-order chi connectivity index (χ0) is 21.7. The molecule has 0 radical (unpaired) electrons. The monoisotopic (exact) mass is 401 g/mol. The van der Waals surface area contributed by atoms with Crippen molar-refractivity contribution in [3.63, 3.8) is 0 Å². The molecule has 0 N–H and O–H groups in total. The lowest BCUT2D eigenvalue weighted by molar-refractivity contribution is 0.355. The van der Waals surface area contributed by atoms with Crippen molar-refractivity contribution in [1.82, 2.24) is 4.98 Å². The van der Waals surface area contributed by atoms with Crippen LogP contribution in [-0.2, 0) is 0 Å². The van der Waals surface area contributed by atoms with E-state index in [0.717, 1.165) is 44.3 Å². The second-order valence-electron chi connectivity index (χ2n) is 6.80. The summed E-state index contributed by atoms with van der Waals surface area (Å²) in [5.41, 5.74) is 5.06. The number of ether oxygens (including phenoxy) is 3. The molecule has 2 aromatic carbocycles. The lowest BCUT2D eigenvalue weighted by atomic mass is 9.98. The minimum Gasteiger partial charge on any atom is -0.496 e. The van der Waals surface area contributed by atoms with Gasteiger partial charge in [-0.15, -0.1) is 0 Å². The number of methoxy groups -OCH3 is 3. The summed E-state index contributed by atoms with van der Waals surface area (Å²) >= 11 is 0. The number of allylic oxidation sites excluding steroid dienone is 1. The molecule has 3 rings (SSSR count). The van der Waals surface area contributed by atoms with Crippen LogP contribution in [0.2, 0.25) is 0 Å². The minimum absolute atomic E-state index is 0.666. The normalized spacial score (nSPS) is 12.0. The first kappa shape index (κ1) is 21.2. The maximum Gasteiger partial charge on any atom is 0.161 e. The maximum absolute atomic E-state index is 5.48. The van der Waals surface area contributed by atoms with Gasteiger partial charge >= 0.3 is 0 Å². The van der Waals surface area contributed by atoms with E-state index in [1.165, 1.54) is 0 Å². The zero-order valence-corrected chi connectivity index (χ0v) is 18.2. The van der Waals surface area contributed by atoms with E-state index < -0.39 is 0 Å². The Morgan fingerprint density at radius 1 is 0.833 bits per heavy atom. The molecular formula is C26H27NO3. The van der Waals surface area contributed by atoms with Gasteiger partial charge in [0.1, 0.15) is 5.75 Å². The highest BCUT2D eigenvalue weighted by Gasteiger charge is 2.11. The Bertz CT molecular complexity index is 1200. The molecule has 0 spiro atoms. The van der Waals surface area contributed by atoms with E-state index in [4.69, 9.17) is 19.2 Å². The number of pyridine rings is 1. The van der Waals surface area contributed by atoms with E-state index in [9.17, 15) is 0 Å². The van der Waals surface area contributed by atoms with Gasteiger partial charge in [-0.25, -0.2) is 4.98 Å². The summed E-state index contributed by atoms with van der Waals surface area (Å²) in [6.45, 7) is 7.93. The molecule has 0 saturated carbocycles. The quantitative estimate of drug-likeness (QED) is 0.609. The summed E-state index contributed by atoms with van der Waals surface area (Å²) in [6.07, 6.45) is 5.77. The van der Waals surface area contributed by atoms with Crippen molar-refractivity contribution in [2.45, 2.75) is 13.8 Å². The van der Waals surface area contributed by atoms with E-state index in [0.29, 0.717) is 11.5 Å². The summed E-state index contributed by atoms with van der Waals surface area (Å²) in [5.74, 6) is 2.22. The lowest BCUT2D eigenvalue weighted by Crippen LogP contribution is -2.30. The first-order chi connectivity index (χ1) is 14.6. The molecule has 154 valence electrons. The molecule has 0 unspecified atom stereocenters. The topological polar surface area (TPSA) is 40.6 Å². The van der Waals surface area contributed by atoms with Crippen LogP contribution in [0.15, 0.2) is 55.1 Å². The average molecular weight is 402 g/mol. The van der Waals surface area contributed by atoms with Gasteiger partial charge in [-0.2, -0.15) is 0 Å². The van der Waals surface area contributed by atoms with Crippen LogP contribution in [0, 0.1) is 6.92 Å². The number of rotatable bonds is 6. The Morgan fingerprint density at radius 2 is 1.50 bits per heavy atom. The van der Waals surface area contributed by atoms with Crippen molar-refractivity contribution >= 4 is 12.2 Å². The molecule has 0 fully saturated rings. The van der Waals surface area contributed by atoms with Crippen molar-refractivity contribution in [3.05, 3.63) is 71.3 Å². The number of hydrogen-bond donors (Lipinski definition) is 0. The predicted molar refractivity (Wildman–Crippen MR) is 124 cm³/mol. The third-order valence-electron chi connectivity index (χ3n) is 5.04. The van der Waals surface area contributed by atoms with Crippen molar-refractivity contribution in [3.8, 4) is 39.6 Å². The fourth-order valence-corrected chi connectivity index (χ4v) is 3.55. The van der Waals surface area contributed by atoms with E-state index in [-0.39, 0.29) is 0 Å². The third kappa shape index (κ3) is 4.08. The Morgan fingerprint density at radius 3 is 2.10 bits per heavy atom. The van der Waals surface area contributed by atoms with Crippen LogP contribution in [0.1, 0.15) is 12.5 Å². The number of aromatic nitrogens is 1. The van der Waals surface area contributed by atoms with Crippen LogP contribution in [0.3, 0.4) is 0 Å². The molecule has 1 heterocycles. The molecule has 0 bridgehead atoms. The molecule has 0 aliphatic carbocycles. The maximum atomic E-state index is 5.48. The van der Waals surface area contributed by atoms with Gasteiger partial charge in [0.2, 0.25) is 0 Å². The molecule has 0 atom stereocenters. The zero-order valence-electron chi connectivity index (χ0n) is 18.2. The molecule has 3 aromatic rings. The van der Waals surface area contributed by atoms with Gasteiger partial charge in [-0.05, 0) is 73.0 Å². The molecule has 0 aliphatic rings. The van der Waals surface area contributed by atoms with Gasteiger partial charge in [0.15, 0.2) is 11.5 Å². The Hall–Kier alpha value is -3.53. The van der Waals surface area contributed by atoms with Gasteiger partial charge in [0.25, 0.3) is 0 Å². The van der Waals surface area contributed by atoms with Crippen LogP contribution in [0.5, 0.6) is 17.2 Å². The number of benzene rings is 2. The van der Waals surface area contributed by atoms with Crippen LogP contribution in [-0.4, -0.2) is 26.3 Å². The molecular weight excluding hydrogens is 374 g/mol. The lowest BCUT2D eigenvalue weighted by Gasteiger charge is -2.12. The molecule has 30 heavy (non-hydrogen) atoms. The first-order valence-corrected chi connectivity index (χ1v) is 9.73. The summed E-state index contributed by atoms with van der Waals surface area (Å²) < 4.78 is 16.3. The third-order valence-corrected chi connectivity index (χ3v) is 5.04. The van der Waals surface area contributed by atoms with E-state index in [1.807, 2.05) is 44.2 Å². The summed E-state index contributed by atoms with van der Waals surface area (Å²) in [7, 11) is 4.95. The summed E-state index contributed by atoms with van der Waals surface area (Å²) in [4.78, 5) is 4.90. The van der Waals surface area contributed by atoms with Crippen LogP contribution in [0.25, 0.3) is 34.5 Å². The highest BCUT2D eigenvalue weighted by molar-refractivity contribution is 5.74. The summed E-state index contributed by atoms with van der Waals surface area (Å²) in [5, 5.41) is 1.92. The van der Waals surface area contributed by atoms with E-state index in [1.54, 1.807) is 27.4 Å². The molecule has 0 saturated heterocycles. The second-order valence-corrected chi connectivity index (χ2v) is 6.80. The standard InChI is InChI=1S/C26H27NO3/c1-7-9-22-20(8-2)21(18-10-12-24(28-4)17(3)14-18)16-23(27-22)19-11-13-25(29-5)26(15-19)30-6/h7-16H,1H2,2-6H3/b20-8-,22-9+. The van der Waals surface area contributed by atoms with Crippen LogP contribution < -0.4 is 24.8 Å². The SMILES string of the molecule is C=C/C=c1/nc(-c2ccc(OC)c(OC)c2)cc(-c2ccc(OC)c(C)c2)/c1=C/C. The van der Waals surface area contributed by atoms with Crippen LogP contribution in [0.4, 0.5) is 0 Å². The number of nitrogens with zero attached hydrogens (tertiary/aromatic N) is 1. The highest BCUT2D eigenvalue weighted by Crippen LogP contribution is 2.32. The van der Waals surface area contributed by atoms with Crippen LogP contribution >= 0.6 is 0 Å². The molecule has 4 heteroatoms. The first-order valence-electron chi connectivity index (χ1n) is 9.73. The molecule has 0 amide bonds. The van der Waals surface area contributed by atoms with Crippen molar-refractivity contribution in [1.29, 1.82) is 0 Å². The smallest absolute Gasteiger partial charge is 0.161 e. The van der Waals surface area contributed by atoms with E-state index in [2.05, 4.69) is 30.9 Å². The van der Waals surface area contributed by atoms with Crippen molar-refractivity contribution in [2.24, 2.45) is 0 Å². The Labute approximate surface area is 177 Å². The average Bonchev–Trinajstić information content (AvgIpc) is 2.78. The summed E-state index contributed by atoms with van der Waals surface area (Å²) in [6, 6.07) is 14.1. The van der Waals surface area contributed by atoms with Crippen molar-refractivity contribution < 1.29 is 14.2 Å². The molecule has 1 aromatic heterocycles.